The van der Waals surface area contributed by atoms with Crippen LogP contribution in [0.5, 0.6) is 0 Å². The van der Waals surface area contributed by atoms with E-state index >= 15 is 0 Å². The van der Waals surface area contributed by atoms with Crippen LogP contribution < -0.4 is 5.32 Å². The molecule has 39 heavy (non-hydrogen) atoms. The van der Waals surface area contributed by atoms with Gasteiger partial charge in [0.1, 0.15) is 15.8 Å². The molecule has 7 nitrogen and oxygen atoms in total. The van der Waals surface area contributed by atoms with E-state index in [1.807, 2.05) is 48.5 Å². The maximum Gasteiger partial charge on any atom is 0.335 e. The highest BCUT2D eigenvalue weighted by Gasteiger charge is 2.73. The first-order valence-electron chi connectivity index (χ1n) is 12.6. The maximum absolute atomic E-state index is 14.3. The van der Waals surface area contributed by atoms with Crippen LogP contribution in [-0.4, -0.2) is 39.7 Å². The Morgan fingerprint density at radius 1 is 0.821 bits per heavy atom. The minimum Gasteiger partial charge on any atom is -0.478 e. The summed E-state index contributed by atoms with van der Waals surface area (Å²) in [7, 11) is 0. The number of carbonyl (C=O) groups is 4. The number of hydrogen-bond donors (Lipinski definition) is 2. The summed E-state index contributed by atoms with van der Waals surface area (Å²) >= 11 is 14.9. The second-order valence-electron chi connectivity index (χ2n) is 10.6. The summed E-state index contributed by atoms with van der Waals surface area (Å²) in [5.41, 5.74) is 2.96. The van der Waals surface area contributed by atoms with Crippen LogP contribution in [0.2, 0.25) is 0 Å². The molecule has 0 saturated carbocycles. The van der Waals surface area contributed by atoms with Crippen LogP contribution >= 0.6 is 23.2 Å². The molecule has 3 aromatic carbocycles. The number of imide groups is 1. The fourth-order valence-corrected chi connectivity index (χ4v) is 7.72. The Balaban J connectivity index is 1.46. The first-order chi connectivity index (χ1) is 18.5. The highest BCUT2D eigenvalue weighted by atomic mass is 35.5. The number of aromatic carboxylic acids is 1. The van der Waals surface area contributed by atoms with E-state index in [4.69, 9.17) is 23.2 Å². The molecular formula is C30H24Cl2N2O5. The highest BCUT2D eigenvalue weighted by Crippen LogP contribution is 2.69. The molecule has 1 fully saturated rings. The predicted molar refractivity (Wildman–Crippen MR) is 146 cm³/mol. The lowest BCUT2D eigenvalue weighted by atomic mass is 9.54. The molecule has 0 aromatic heterocycles. The van der Waals surface area contributed by atoms with E-state index in [9.17, 15) is 24.3 Å². The molecule has 2 bridgehead atoms. The van der Waals surface area contributed by atoms with E-state index < -0.39 is 57.2 Å². The third kappa shape index (κ3) is 3.29. The fourth-order valence-electron chi connectivity index (χ4n) is 6.63. The van der Waals surface area contributed by atoms with Crippen molar-refractivity contribution < 1.29 is 24.3 Å². The molecule has 198 valence electrons. The number of carboxylic acids is 1. The van der Waals surface area contributed by atoms with E-state index in [0.717, 1.165) is 4.90 Å². The van der Waals surface area contributed by atoms with Gasteiger partial charge in [0.15, 0.2) is 0 Å². The molecule has 3 amide bonds. The standard InChI is InChI=1S/C30H24Cl2N2O5/c1-15(2)24(25(35)33-17-9-7-8-16(14-17)28(38)39)34-26(36)22-23(27(34)37)30(32)19-11-4-3-10-18(19)29(22,31)20-12-5-6-13-21(20)30/h3-15,22-24H,1-2H3,(H,33,35)(H,38,39)/t22-,23-,24-,29?,30?/m0/s1. The summed E-state index contributed by atoms with van der Waals surface area (Å²) in [5, 5.41) is 12.0. The quantitative estimate of drug-likeness (QED) is 0.338. The van der Waals surface area contributed by atoms with Gasteiger partial charge in [0, 0.05) is 5.69 Å². The van der Waals surface area contributed by atoms with Crippen molar-refractivity contribution in [1.29, 1.82) is 0 Å². The fraction of sp³-hybridized carbons (Fsp3) is 0.267. The lowest BCUT2D eigenvalue weighted by Crippen LogP contribution is -2.57. The van der Waals surface area contributed by atoms with Crippen molar-refractivity contribution >= 4 is 52.6 Å². The Morgan fingerprint density at radius 3 is 1.69 bits per heavy atom. The Bertz CT molecular complexity index is 1460. The Kier molecular flexibility index (Phi) is 5.68. The Morgan fingerprint density at radius 2 is 1.28 bits per heavy atom. The average molecular weight is 563 g/mol. The minimum atomic E-state index is -1.34. The van der Waals surface area contributed by atoms with Crippen molar-refractivity contribution in [3.63, 3.8) is 0 Å². The predicted octanol–water partition coefficient (Wildman–Crippen LogP) is 4.94. The normalized spacial score (nSPS) is 27.2. The molecule has 3 aliphatic carbocycles. The van der Waals surface area contributed by atoms with Crippen LogP contribution in [-0.2, 0) is 24.1 Å². The van der Waals surface area contributed by atoms with Crippen molar-refractivity contribution in [2.45, 2.75) is 29.6 Å². The molecule has 3 aromatic rings. The number of nitrogens with one attached hydrogen (secondary N) is 1. The number of alkyl halides is 2. The molecule has 1 heterocycles. The Hall–Kier alpha value is -3.68. The van der Waals surface area contributed by atoms with Crippen LogP contribution in [0.3, 0.4) is 0 Å². The highest BCUT2D eigenvalue weighted by molar-refractivity contribution is 6.36. The molecule has 7 rings (SSSR count). The molecule has 1 aliphatic heterocycles. The first kappa shape index (κ1) is 25.6. The van der Waals surface area contributed by atoms with Crippen LogP contribution in [0.4, 0.5) is 5.69 Å². The number of benzene rings is 3. The third-order valence-electron chi connectivity index (χ3n) is 8.17. The number of rotatable bonds is 5. The van der Waals surface area contributed by atoms with Gasteiger partial charge in [-0.2, -0.15) is 0 Å². The van der Waals surface area contributed by atoms with E-state index in [1.165, 1.54) is 18.2 Å². The van der Waals surface area contributed by atoms with Gasteiger partial charge in [-0.3, -0.25) is 19.3 Å². The molecule has 0 spiro atoms. The second kappa shape index (κ2) is 8.66. The monoisotopic (exact) mass is 562 g/mol. The number of anilines is 1. The van der Waals surface area contributed by atoms with Crippen molar-refractivity contribution in [3.05, 3.63) is 101 Å². The summed E-state index contributed by atoms with van der Waals surface area (Å²) < 4.78 is 0. The summed E-state index contributed by atoms with van der Waals surface area (Å²) in [5.74, 6) is -5.35. The van der Waals surface area contributed by atoms with Gasteiger partial charge in [-0.1, -0.05) is 68.4 Å². The average Bonchev–Trinajstić information content (AvgIpc) is 3.18. The van der Waals surface area contributed by atoms with Gasteiger partial charge in [-0.25, -0.2) is 4.79 Å². The molecule has 0 radical (unpaired) electrons. The van der Waals surface area contributed by atoms with E-state index in [-0.39, 0.29) is 11.3 Å². The van der Waals surface area contributed by atoms with Gasteiger partial charge < -0.3 is 10.4 Å². The number of amides is 3. The van der Waals surface area contributed by atoms with Crippen LogP contribution in [0, 0.1) is 17.8 Å². The lowest BCUT2D eigenvalue weighted by Gasteiger charge is -2.54. The Labute approximate surface area is 234 Å². The molecule has 2 N–H and O–H groups in total. The number of halogens is 2. The van der Waals surface area contributed by atoms with E-state index in [0.29, 0.717) is 22.3 Å². The largest absolute Gasteiger partial charge is 0.478 e. The number of hydrogen-bond acceptors (Lipinski definition) is 4. The summed E-state index contributed by atoms with van der Waals surface area (Å²) in [6.45, 7) is 3.48. The van der Waals surface area contributed by atoms with Crippen molar-refractivity contribution in [2.75, 3.05) is 5.32 Å². The molecule has 0 unspecified atom stereocenters. The molecule has 4 aliphatic rings. The van der Waals surface area contributed by atoms with Gasteiger partial charge in [0.05, 0.1) is 17.4 Å². The molecule has 1 saturated heterocycles. The molecule has 9 heteroatoms. The van der Waals surface area contributed by atoms with Crippen LogP contribution in [0.15, 0.2) is 72.8 Å². The van der Waals surface area contributed by atoms with Crippen molar-refractivity contribution in [1.82, 2.24) is 4.90 Å². The van der Waals surface area contributed by atoms with Gasteiger partial charge in [0.2, 0.25) is 17.7 Å². The SMILES string of the molecule is CC(C)[C@@H](C(=O)Nc1cccc(C(=O)O)c1)N1C(=O)[C@@H]2[C@@H](C1=O)C1(Cl)c3ccccc3C2(Cl)c2ccccc21. The molecular weight excluding hydrogens is 539 g/mol. The van der Waals surface area contributed by atoms with E-state index in [2.05, 4.69) is 5.32 Å². The van der Waals surface area contributed by atoms with Crippen LogP contribution in [0.1, 0.15) is 46.5 Å². The smallest absolute Gasteiger partial charge is 0.335 e. The van der Waals surface area contributed by atoms with Crippen LogP contribution in [0.25, 0.3) is 0 Å². The van der Waals surface area contributed by atoms with Crippen molar-refractivity contribution in [2.24, 2.45) is 17.8 Å². The van der Waals surface area contributed by atoms with Gasteiger partial charge in [-0.15, -0.1) is 23.2 Å². The third-order valence-corrected chi connectivity index (χ3v) is 9.46. The van der Waals surface area contributed by atoms with Crippen molar-refractivity contribution in [3.8, 4) is 0 Å². The zero-order valence-electron chi connectivity index (χ0n) is 21.0. The van der Waals surface area contributed by atoms with Gasteiger partial charge in [-0.05, 0) is 46.4 Å². The second-order valence-corrected chi connectivity index (χ2v) is 11.8. The van der Waals surface area contributed by atoms with E-state index in [1.54, 1.807) is 19.9 Å². The number of nitrogens with zero attached hydrogens (tertiary/aromatic N) is 1. The minimum absolute atomic E-state index is 0.00601. The van der Waals surface area contributed by atoms with Gasteiger partial charge in [0.25, 0.3) is 0 Å². The molecule has 3 atom stereocenters. The summed E-state index contributed by atoms with van der Waals surface area (Å²) in [6.07, 6.45) is 0. The zero-order chi connectivity index (χ0) is 27.9. The summed E-state index contributed by atoms with van der Waals surface area (Å²) in [4.78, 5) is 51.9. The maximum atomic E-state index is 14.3. The lowest BCUT2D eigenvalue weighted by molar-refractivity contribution is -0.148. The zero-order valence-corrected chi connectivity index (χ0v) is 22.5. The number of carbonyl (C=O) groups excluding carboxylic acids is 3. The topological polar surface area (TPSA) is 104 Å². The summed E-state index contributed by atoms with van der Waals surface area (Å²) in [6, 6.07) is 19.3. The van der Waals surface area contributed by atoms with Gasteiger partial charge >= 0.3 is 5.97 Å². The number of carboxylic acid groups (broad SMARTS) is 1. The first-order valence-corrected chi connectivity index (χ1v) is 13.4. The number of likely N-dealkylation sites (tertiary alicyclic amines) is 1.